The molecule has 19 heavy (non-hydrogen) atoms. The second-order valence-corrected chi connectivity index (χ2v) is 4.09. The van der Waals surface area contributed by atoms with E-state index >= 15 is 0 Å². The summed E-state index contributed by atoms with van der Waals surface area (Å²) in [5, 5.41) is 7.27. The van der Waals surface area contributed by atoms with E-state index in [9.17, 15) is 8.78 Å². The maximum Gasteiger partial charge on any atom is 0.126 e. The molecule has 0 atom stereocenters. The van der Waals surface area contributed by atoms with E-state index in [0.717, 1.165) is 18.2 Å². The van der Waals surface area contributed by atoms with E-state index in [1.54, 1.807) is 6.20 Å². The lowest BCUT2D eigenvalue weighted by Gasteiger charge is -2.04. The van der Waals surface area contributed by atoms with Gasteiger partial charge in [-0.25, -0.2) is 8.78 Å². The van der Waals surface area contributed by atoms with Crippen LogP contribution in [0.4, 0.5) is 8.78 Å². The molecule has 0 amide bonds. The fraction of sp³-hybridized carbons (Fsp3) is 0.308. The van der Waals surface area contributed by atoms with Crippen LogP contribution in [-0.2, 0) is 19.6 Å². The first-order valence-corrected chi connectivity index (χ1v) is 5.84. The predicted molar refractivity (Wildman–Crippen MR) is 72.1 cm³/mol. The van der Waals surface area contributed by atoms with E-state index in [-0.39, 0.29) is 12.4 Å². The number of nitrogens with one attached hydrogen (secondary N) is 1. The van der Waals surface area contributed by atoms with Crippen LogP contribution in [0.15, 0.2) is 30.6 Å². The van der Waals surface area contributed by atoms with E-state index in [1.165, 1.54) is 12.1 Å². The fourth-order valence-corrected chi connectivity index (χ4v) is 1.73. The van der Waals surface area contributed by atoms with Gasteiger partial charge in [0.1, 0.15) is 11.6 Å². The monoisotopic (exact) mass is 287 g/mol. The lowest BCUT2D eigenvalue weighted by molar-refractivity contribution is 0.575. The number of hydrogen-bond acceptors (Lipinski definition) is 2. The summed E-state index contributed by atoms with van der Waals surface area (Å²) < 4.78 is 27.7. The van der Waals surface area contributed by atoms with Gasteiger partial charge < -0.3 is 5.32 Å². The van der Waals surface area contributed by atoms with Gasteiger partial charge in [-0.3, -0.25) is 4.68 Å². The molecule has 0 fully saturated rings. The van der Waals surface area contributed by atoms with E-state index in [1.807, 2.05) is 17.8 Å². The summed E-state index contributed by atoms with van der Waals surface area (Å²) in [6.45, 7) is 3.89. The van der Waals surface area contributed by atoms with Crippen LogP contribution in [0.3, 0.4) is 0 Å². The zero-order valence-corrected chi connectivity index (χ0v) is 11.4. The summed E-state index contributed by atoms with van der Waals surface area (Å²) in [4.78, 5) is 0. The third-order valence-corrected chi connectivity index (χ3v) is 2.59. The van der Waals surface area contributed by atoms with Gasteiger partial charge in [0.25, 0.3) is 0 Å². The third-order valence-electron chi connectivity index (χ3n) is 2.59. The fourth-order valence-electron chi connectivity index (χ4n) is 1.73. The molecule has 0 radical (unpaired) electrons. The summed E-state index contributed by atoms with van der Waals surface area (Å²) in [7, 11) is 0. The molecule has 0 aliphatic carbocycles. The highest BCUT2D eigenvalue weighted by Crippen LogP contribution is 2.08. The number of benzene rings is 1. The summed E-state index contributed by atoms with van der Waals surface area (Å²) in [6, 6.07) is 3.52. The van der Waals surface area contributed by atoms with Crippen LogP contribution < -0.4 is 5.32 Å². The van der Waals surface area contributed by atoms with Crippen LogP contribution in [0, 0.1) is 11.6 Å². The van der Waals surface area contributed by atoms with E-state index in [4.69, 9.17) is 0 Å². The molecule has 1 heterocycles. The van der Waals surface area contributed by atoms with Gasteiger partial charge in [-0.2, -0.15) is 5.10 Å². The quantitative estimate of drug-likeness (QED) is 0.916. The van der Waals surface area contributed by atoms with Gasteiger partial charge in [-0.05, 0) is 24.6 Å². The van der Waals surface area contributed by atoms with Crippen molar-refractivity contribution in [2.24, 2.45) is 0 Å². The molecule has 0 saturated heterocycles. The highest BCUT2D eigenvalue weighted by Gasteiger charge is 2.01. The van der Waals surface area contributed by atoms with Gasteiger partial charge >= 0.3 is 0 Å². The second kappa shape index (κ2) is 7.21. The number of aryl methyl sites for hydroxylation is 1. The zero-order valence-electron chi connectivity index (χ0n) is 10.6. The molecule has 0 saturated carbocycles. The average molecular weight is 288 g/mol. The summed E-state index contributed by atoms with van der Waals surface area (Å²) in [5.41, 5.74) is 1.64. The van der Waals surface area contributed by atoms with Gasteiger partial charge in [0, 0.05) is 37.5 Å². The molecule has 1 N–H and O–H groups in total. The molecule has 2 aromatic rings. The third kappa shape index (κ3) is 4.61. The molecule has 0 unspecified atom stereocenters. The lowest BCUT2D eigenvalue weighted by atomic mass is 10.2. The molecular formula is C13H16ClF2N3. The Bertz CT molecular complexity index is 508. The van der Waals surface area contributed by atoms with Crippen molar-refractivity contribution in [1.29, 1.82) is 0 Å². The Balaban J connectivity index is 0.00000180. The standard InChI is InChI=1S/C13H15F2N3.ClH/c1-2-18-9-11(8-17-18)7-16-6-10-3-12(14)5-13(15)4-10;/h3-5,8-9,16H,2,6-7H2,1H3;1H. The van der Waals surface area contributed by atoms with Crippen molar-refractivity contribution < 1.29 is 8.78 Å². The predicted octanol–water partition coefficient (Wildman–Crippen LogP) is 2.89. The summed E-state index contributed by atoms with van der Waals surface area (Å²) >= 11 is 0. The molecule has 6 heteroatoms. The topological polar surface area (TPSA) is 29.9 Å². The number of nitrogens with zero attached hydrogens (tertiary/aromatic N) is 2. The van der Waals surface area contributed by atoms with Gasteiger partial charge in [-0.1, -0.05) is 0 Å². The van der Waals surface area contributed by atoms with Crippen LogP contribution in [0.5, 0.6) is 0 Å². The zero-order chi connectivity index (χ0) is 13.0. The molecule has 104 valence electrons. The maximum absolute atomic E-state index is 12.9. The first-order valence-electron chi connectivity index (χ1n) is 5.84. The molecule has 0 spiro atoms. The Morgan fingerprint density at radius 3 is 2.32 bits per heavy atom. The van der Waals surface area contributed by atoms with Crippen LogP contribution in [0.2, 0.25) is 0 Å². The molecule has 1 aromatic carbocycles. The minimum atomic E-state index is -0.550. The minimum absolute atomic E-state index is 0. The molecule has 3 nitrogen and oxygen atoms in total. The Labute approximate surface area is 117 Å². The van der Waals surface area contributed by atoms with Gasteiger partial charge in [0.2, 0.25) is 0 Å². The van der Waals surface area contributed by atoms with Crippen molar-refractivity contribution in [3.8, 4) is 0 Å². The first kappa shape index (κ1) is 15.6. The molecule has 0 aliphatic heterocycles. The Morgan fingerprint density at radius 1 is 1.11 bits per heavy atom. The Morgan fingerprint density at radius 2 is 1.74 bits per heavy atom. The van der Waals surface area contributed by atoms with E-state index in [0.29, 0.717) is 18.7 Å². The normalized spacial score (nSPS) is 10.3. The highest BCUT2D eigenvalue weighted by molar-refractivity contribution is 5.85. The number of hydrogen-bond donors (Lipinski definition) is 1. The van der Waals surface area contributed by atoms with Crippen LogP contribution in [0.25, 0.3) is 0 Å². The van der Waals surface area contributed by atoms with Crippen molar-refractivity contribution in [3.05, 3.63) is 53.4 Å². The van der Waals surface area contributed by atoms with Crippen molar-refractivity contribution >= 4 is 12.4 Å². The SMILES string of the molecule is CCn1cc(CNCc2cc(F)cc(F)c2)cn1.Cl. The summed E-state index contributed by atoms with van der Waals surface area (Å²) in [6.07, 6.45) is 3.72. The van der Waals surface area contributed by atoms with Crippen molar-refractivity contribution in [3.63, 3.8) is 0 Å². The first-order chi connectivity index (χ1) is 8.67. The minimum Gasteiger partial charge on any atom is -0.308 e. The molecule has 0 bridgehead atoms. The lowest BCUT2D eigenvalue weighted by Crippen LogP contribution is -2.12. The second-order valence-electron chi connectivity index (χ2n) is 4.09. The van der Waals surface area contributed by atoms with Gasteiger partial charge in [0.05, 0.1) is 6.20 Å². The Hall–Kier alpha value is -1.46. The molecular weight excluding hydrogens is 272 g/mol. The smallest absolute Gasteiger partial charge is 0.126 e. The average Bonchev–Trinajstić information content (AvgIpc) is 2.76. The number of rotatable bonds is 5. The largest absolute Gasteiger partial charge is 0.308 e. The van der Waals surface area contributed by atoms with Crippen molar-refractivity contribution in [2.75, 3.05) is 0 Å². The Kier molecular flexibility index (Phi) is 5.92. The van der Waals surface area contributed by atoms with Gasteiger partial charge in [-0.15, -0.1) is 12.4 Å². The van der Waals surface area contributed by atoms with Crippen molar-refractivity contribution in [2.45, 2.75) is 26.6 Å². The van der Waals surface area contributed by atoms with E-state index < -0.39 is 11.6 Å². The van der Waals surface area contributed by atoms with E-state index in [2.05, 4.69) is 10.4 Å². The maximum atomic E-state index is 12.9. The van der Waals surface area contributed by atoms with Crippen LogP contribution in [-0.4, -0.2) is 9.78 Å². The molecule has 1 aromatic heterocycles. The summed E-state index contributed by atoms with van der Waals surface area (Å²) in [5.74, 6) is -1.10. The molecule has 2 rings (SSSR count). The van der Waals surface area contributed by atoms with Crippen LogP contribution in [0.1, 0.15) is 18.1 Å². The molecule has 0 aliphatic rings. The van der Waals surface area contributed by atoms with Gasteiger partial charge in [0.15, 0.2) is 0 Å². The van der Waals surface area contributed by atoms with Crippen LogP contribution >= 0.6 is 12.4 Å². The number of aromatic nitrogens is 2. The van der Waals surface area contributed by atoms with Crippen molar-refractivity contribution in [1.82, 2.24) is 15.1 Å². The highest BCUT2D eigenvalue weighted by atomic mass is 35.5. The number of halogens is 3.